The summed E-state index contributed by atoms with van der Waals surface area (Å²) in [5.41, 5.74) is 9.65. The summed E-state index contributed by atoms with van der Waals surface area (Å²) in [7, 11) is 0. The first-order chi connectivity index (χ1) is 9.60. The Labute approximate surface area is 130 Å². The number of fused-ring (bicyclic) bond motifs is 1. The first-order valence-corrected chi connectivity index (χ1v) is 7.48. The fraction of sp³-hybridized carbons (Fsp3) is 0.133. The number of hydrogen-bond donors (Lipinski definition) is 1. The number of rotatable bonds is 2. The van der Waals surface area contributed by atoms with E-state index in [0.717, 1.165) is 33.4 Å². The van der Waals surface area contributed by atoms with E-state index in [1.165, 1.54) is 0 Å². The lowest BCUT2D eigenvalue weighted by Crippen LogP contribution is -2.00. The van der Waals surface area contributed by atoms with Crippen molar-refractivity contribution in [3.63, 3.8) is 0 Å². The molecule has 0 amide bonds. The molecular formula is C15H13BrClN3. The van der Waals surface area contributed by atoms with Gasteiger partial charge in [-0.2, -0.15) is 0 Å². The first-order valence-electron chi connectivity index (χ1n) is 6.31. The largest absolute Gasteiger partial charge is 0.398 e. The fourth-order valence-corrected chi connectivity index (χ4v) is 2.87. The highest BCUT2D eigenvalue weighted by atomic mass is 79.9. The standard InChI is InChI=1S/C15H13BrClN3/c1-2-20-14-6-3-9(16)7-13(14)19-15(20)11-8-10(17)4-5-12(11)18/h3-8H,2,18H2,1H3. The molecule has 102 valence electrons. The summed E-state index contributed by atoms with van der Waals surface area (Å²) in [5, 5.41) is 0.657. The summed E-state index contributed by atoms with van der Waals surface area (Å²) in [6.07, 6.45) is 0. The number of benzene rings is 2. The van der Waals surface area contributed by atoms with Crippen LogP contribution in [0.5, 0.6) is 0 Å². The summed E-state index contributed by atoms with van der Waals surface area (Å²) in [6.45, 7) is 2.91. The average Bonchev–Trinajstić information content (AvgIpc) is 2.78. The zero-order valence-electron chi connectivity index (χ0n) is 10.9. The summed E-state index contributed by atoms with van der Waals surface area (Å²) < 4.78 is 3.15. The molecule has 3 rings (SSSR count). The van der Waals surface area contributed by atoms with Crippen LogP contribution in [0.2, 0.25) is 5.02 Å². The lowest BCUT2D eigenvalue weighted by atomic mass is 10.1. The molecule has 0 unspecified atom stereocenters. The molecular weight excluding hydrogens is 338 g/mol. The van der Waals surface area contributed by atoms with Crippen molar-refractivity contribution < 1.29 is 0 Å². The zero-order chi connectivity index (χ0) is 14.3. The van der Waals surface area contributed by atoms with Crippen molar-refractivity contribution in [3.05, 3.63) is 45.9 Å². The average molecular weight is 351 g/mol. The molecule has 0 aliphatic heterocycles. The maximum Gasteiger partial charge on any atom is 0.143 e. The van der Waals surface area contributed by atoms with Crippen LogP contribution in [0.15, 0.2) is 40.9 Å². The van der Waals surface area contributed by atoms with E-state index in [9.17, 15) is 0 Å². The molecule has 0 aliphatic carbocycles. The molecule has 5 heteroatoms. The topological polar surface area (TPSA) is 43.8 Å². The first kappa shape index (κ1) is 13.5. The Kier molecular flexibility index (Phi) is 3.44. The number of anilines is 1. The van der Waals surface area contributed by atoms with Crippen molar-refractivity contribution in [2.45, 2.75) is 13.5 Å². The predicted molar refractivity (Wildman–Crippen MR) is 88.0 cm³/mol. The van der Waals surface area contributed by atoms with Gasteiger partial charge in [-0.25, -0.2) is 4.98 Å². The molecule has 20 heavy (non-hydrogen) atoms. The van der Waals surface area contributed by atoms with E-state index >= 15 is 0 Å². The van der Waals surface area contributed by atoms with Crippen molar-refractivity contribution in [1.82, 2.24) is 9.55 Å². The Hall–Kier alpha value is -1.52. The van der Waals surface area contributed by atoms with E-state index in [-0.39, 0.29) is 0 Å². The number of nitrogen functional groups attached to an aromatic ring is 1. The minimum atomic E-state index is 0.657. The van der Waals surface area contributed by atoms with Crippen LogP contribution < -0.4 is 5.73 Å². The number of aromatic nitrogens is 2. The molecule has 0 saturated heterocycles. The number of imidazole rings is 1. The fourth-order valence-electron chi connectivity index (χ4n) is 2.35. The minimum Gasteiger partial charge on any atom is -0.398 e. The van der Waals surface area contributed by atoms with Crippen LogP contribution in [0.1, 0.15) is 6.92 Å². The van der Waals surface area contributed by atoms with Crippen molar-refractivity contribution in [3.8, 4) is 11.4 Å². The van der Waals surface area contributed by atoms with Gasteiger partial charge in [0.05, 0.1) is 11.0 Å². The van der Waals surface area contributed by atoms with Gasteiger partial charge in [0.1, 0.15) is 5.82 Å². The van der Waals surface area contributed by atoms with Gasteiger partial charge in [-0.15, -0.1) is 0 Å². The minimum absolute atomic E-state index is 0.657. The molecule has 0 fully saturated rings. The van der Waals surface area contributed by atoms with Crippen molar-refractivity contribution >= 4 is 44.3 Å². The Balaban J connectivity index is 2.32. The second-order valence-corrected chi connectivity index (χ2v) is 5.90. The van der Waals surface area contributed by atoms with Gasteiger partial charge in [-0.3, -0.25) is 0 Å². The van der Waals surface area contributed by atoms with E-state index in [4.69, 9.17) is 22.3 Å². The van der Waals surface area contributed by atoms with Crippen LogP contribution in [0.3, 0.4) is 0 Å². The third-order valence-corrected chi connectivity index (χ3v) is 4.01. The van der Waals surface area contributed by atoms with Crippen LogP contribution in [-0.4, -0.2) is 9.55 Å². The zero-order valence-corrected chi connectivity index (χ0v) is 13.2. The van der Waals surface area contributed by atoms with Gasteiger partial charge in [0.15, 0.2) is 0 Å². The van der Waals surface area contributed by atoms with Crippen LogP contribution in [0.25, 0.3) is 22.4 Å². The normalized spacial score (nSPS) is 11.2. The third-order valence-electron chi connectivity index (χ3n) is 3.28. The molecule has 2 N–H and O–H groups in total. The maximum absolute atomic E-state index is 6.09. The van der Waals surface area contributed by atoms with Crippen molar-refractivity contribution in [1.29, 1.82) is 0 Å². The van der Waals surface area contributed by atoms with E-state index in [2.05, 4.69) is 33.5 Å². The maximum atomic E-state index is 6.09. The summed E-state index contributed by atoms with van der Waals surface area (Å²) >= 11 is 9.56. The van der Waals surface area contributed by atoms with Crippen LogP contribution in [0.4, 0.5) is 5.69 Å². The lowest BCUT2D eigenvalue weighted by molar-refractivity contribution is 0.796. The van der Waals surface area contributed by atoms with Crippen LogP contribution in [0, 0.1) is 0 Å². The second kappa shape index (κ2) is 5.11. The van der Waals surface area contributed by atoms with Gasteiger partial charge < -0.3 is 10.3 Å². The number of hydrogen-bond acceptors (Lipinski definition) is 2. The molecule has 0 atom stereocenters. The molecule has 0 radical (unpaired) electrons. The third kappa shape index (κ3) is 2.19. The van der Waals surface area contributed by atoms with Gasteiger partial charge >= 0.3 is 0 Å². The monoisotopic (exact) mass is 349 g/mol. The molecule has 0 aliphatic rings. The van der Waals surface area contributed by atoms with E-state index in [0.29, 0.717) is 10.7 Å². The van der Waals surface area contributed by atoms with Crippen LogP contribution >= 0.6 is 27.5 Å². The highest BCUT2D eigenvalue weighted by Crippen LogP contribution is 2.31. The molecule has 0 spiro atoms. The van der Waals surface area contributed by atoms with Crippen molar-refractivity contribution in [2.24, 2.45) is 0 Å². The van der Waals surface area contributed by atoms with Gasteiger partial charge in [0.2, 0.25) is 0 Å². The highest BCUT2D eigenvalue weighted by molar-refractivity contribution is 9.10. The van der Waals surface area contributed by atoms with Crippen molar-refractivity contribution in [2.75, 3.05) is 5.73 Å². The number of halogens is 2. The van der Waals surface area contributed by atoms with Gasteiger partial charge in [0.25, 0.3) is 0 Å². The summed E-state index contributed by atoms with van der Waals surface area (Å²) in [4.78, 5) is 4.71. The van der Waals surface area contributed by atoms with Crippen LogP contribution in [-0.2, 0) is 6.54 Å². The number of aryl methyl sites for hydroxylation is 1. The van der Waals surface area contributed by atoms with Gasteiger partial charge in [0, 0.05) is 27.3 Å². The molecule has 1 aromatic heterocycles. The predicted octanol–water partition coefficient (Wildman–Crippen LogP) is 4.72. The molecule has 0 saturated carbocycles. The smallest absolute Gasteiger partial charge is 0.143 e. The van der Waals surface area contributed by atoms with Gasteiger partial charge in [-0.1, -0.05) is 27.5 Å². The SMILES string of the molecule is CCn1c(-c2cc(Cl)ccc2N)nc2cc(Br)ccc21. The molecule has 2 aromatic carbocycles. The molecule has 3 nitrogen and oxygen atoms in total. The Bertz CT molecular complexity index is 795. The second-order valence-electron chi connectivity index (χ2n) is 4.54. The quantitative estimate of drug-likeness (QED) is 0.680. The number of nitrogens with two attached hydrogens (primary N) is 1. The number of nitrogens with zero attached hydrogens (tertiary/aromatic N) is 2. The molecule has 0 bridgehead atoms. The van der Waals surface area contributed by atoms with E-state index in [1.807, 2.05) is 24.3 Å². The lowest BCUT2D eigenvalue weighted by Gasteiger charge is -2.09. The summed E-state index contributed by atoms with van der Waals surface area (Å²) in [5.74, 6) is 0.848. The molecule has 3 aromatic rings. The van der Waals surface area contributed by atoms with E-state index in [1.54, 1.807) is 6.07 Å². The Morgan fingerprint density at radius 3 is 2.80 bits per heavy atom. The Morgan fingerprint density at radius 2 is 2.05 bits per heavy atom. The van der Waals surface area contributed by atoms with Gasteiger partial charge in [-0.05, 0) is 43.3 Å². The summed E-state index contributed by atoms with van der Waals surface area (Å²) in [6, 6.07) is 11.5. The Morgan fingerprint density at radius 1 is 1.25 bits per heavy atom. The molecule has 1 heterocycles. The highest BCUT2D eigenvalue weighted by Gasteiger charge is 2.14. The van der Waals surface area contributed by atoms with E-state index < -0.39 is 0 Å².